The summed E-state index contributed by atoms with van der Waals surface area (Å²) in [5.41, 5.74) is 2.84. The topological polar surface area (TPSA) is 35.5 Å². The Labute approximate surface area is 137 Å². The molecule has 0 N–H and O–H groups in total. The van der Waals surface area contributed by atoms with E-state index in [0.29, 0.717) is 12.2 Å². The fourth-order valence-corrected chi connectivity index (χ4v) is 2.14. The van der Waals surface area contributed by atoms with E-state index in [0.717, 1.165) is 25.0 Å². The van der Waals surface area contributed by atoms with Gasteiger partial charge in [-0.15, -0.1) is 0 Å². The van der Waals surface area contributed by atoms with Gasteiger partial charge in [-0.2, -0.15) is 0 Å². The minimum absolute atomic E-state index is 0.309. The number of carbonyl (C=O) groups is 1. The number of allylic oxidation sites excluding steroid dienone is 1. The second-order valence-electron chi connectivity index (χ2n) is 5.20. The van der Waals surface area contributed by atoms with E-state index in [4.69, 9.17) is 4.74 Å². The quantitative estimate of drug-likeness (QED) is 0.532. The third-order valence-corrected chi connectivity index (χ3v) is 3.41. The van der Waals surface area contributed by atoms with E-state index in [9.17, 15) is 4.79 Å². The van der Waals surface area contributed by atoms with Crippen LogP contribution >= 0.6 is 0 Å². The zero-order valence-electron chi connectivity index (χ0n) is 13.4. The molecule has 0 heterocycles. The molecule has 0 aromatic heterocycles. The number of methoxy groups -OCH3 is 1. The molecule has 2 aromatic carbocycles. The van der Waals surface area contributed by atoms with Crippen LogP contribution in [-0.2, 0) is 16.1 Å². The highest BCUT2D eigenvalue weighted by Crippen LogP contribution is 2.08. The number of esters is 1. The van der Waals surface area contributed by atoms with Crippen molar-refractivity contribution < 1.29 is 14.3 Å². The Morgan fingerprint density at radius 2 is 1.78 bits per heavy atom. The van der Waals surface area contributed by atoms with E-state index >= 15 is 0 Å². The van der Waals surface area contributed by atoms with E-state index in [2.05, 4.69) is 29.0 Å². The van der Waals surface area contributed by atoms with Gasteiger partial charge in [-0.1, -0.05) is 54.6 Å². The number of benzene rings is 2. The molecule has 0 aliphatic carbocycles. The Bertz CT molecular complexity index is 615. The van der Waals surface area contributed by atoms with Gasteiger partial charge in [0, 0.05) is 6.61 Å². The number of hydrogen-bond acceptors (Lipinski definition) is 3. The standard InChI is InChI=1S/C20H22O3/c1-22-20(21)19-13-11-17(12-14-19)8-6-3-7-15-23-16-18-9-4-2-5-10-18/h2,4-6,8-14H,3,7,15-16H2,1H3/b8-6-. The maximum Gasteiger partial charge on any atom is 0.337 e. The van der Waals surface area contributed by atoms with E-state index in [-0.39, 0.29) is 5.97 Å². The molecule has 0 unspecified atom stereocenters. The van der Waals surface area contributed by atoms with Crippen LogP contribution in [0, 0.1) is 0 Å². The van der Waals surface area contributed by atoms with Gasteiger partial charge < -0.3 is 9.47 Å². The van der Waals surface area contributed by atoms with Gasteiger partial charge in [0.15, 0.2) is 0 Å². The minimum atomic E-state index is -0.309. The predicted molar refractivity (Wildman–Crippen MR) is 92.1 cm³/mol. The van der Waals surface area contributed by atoms with Gasteiger partial charge in [0.1, 0.15) is 0 Å². The van der Waals surface area contributed by atoms with Crippen molar-refractivity contribution in [1.29, 1.82) is 0 Å². The first-order chi connectivity index (χ1) is 11.3. The highest BCUT2D eigenvalue weighted by molar-refractivity contribution is 5.89. The minimum Gasteiger partial charge on any atom is -0.465 e. The Kier molecular flexibility index (Phi) is 7.08. The van der Waals surface area contributed by atoms with Crippen molar-refractivity contribution in [2.75, 3.05) is 13.7 Å². The van der Waals surface area contributed by atoms with Gasteiger partial charge >= 0.3 is 5.97 Å². The van der Waals surface area contributed by atoms with Crippen LogP contribution in [0.5, 0.6) is 0 Å². The summed E-state index contributed by atoms with van der Waals surface area (Å²) in [7, 11) is 1.38. The summed E-state index contributed by atoms with van der Waals surface area (Å²) in [6.45, 7) is 1.42. The van der Waals surface area contributed by atoms with Gasteiger partial charge in [-0.05, 0) is 36.1 Å². The Morgan fingerprint density at radius 3 is 2.48 bits per heavy atom. The van der Waals surface area contributed by atoms with Crippen molar-refractivity contribution in [3.05, 3.63) is 77.4 Å². The lowest BCUT2D eigenvalue weighted by atomic mass is 10.1. The number of carbonyl (C=O) groups excluding carboxylic acids is 1. The summed E-state index contributed by atoms with van der Waals surface area (Å²) in [4.78, 5) is 11.3. The van der Waals surface area contributed by atoms with E-state index in [1.54, 1.807) is 12.1 Å². The molecule has 120 valence electrons. The summed E-state index contributed by atoms with van der Waals surface area (Å²) in [5.74, 6) is -0.309. The van der Waals surface area contributed by atoms with E-state index in [1.165, 1.54) is 12.7 Å². The van der Waals surface area contributed by atoms with Crippen molar-refractivity contribution in [1.82, 2.24) is 0 Å². The van der Waals surface area contributed by atoms with Crippen LogP contribution in [0.15, 0.2) is 60.7 Å². The fraction of sp³-hybridized carbons (Fsp3) is 0.250. The number of hydrogen-bond donors (Lipinski definition) is 0. The maximum atomic E-state index is 11.3. The summed E-state index contributed by atoms with van der Waals surface area (Å²) in [6, 6.07) is 17.5. The predicted octanol–water partition coefficient (Wildman–Crippen LogP) is 4.48. The fourth-order valence-electron chi connectivity index (χ4n) is 2.14. The van der Waals surface area contributed by atoms with Gasteiger partial charge in [0.25, 0.3) is 0 Å². The van der Waals surface area contributed by atoms with Crippen LogP contribution in [-0.4, -0.2) is 19.7 Å². The average Bonchev–Trinajstić information content (AvgIpc) is 2.61. The van der Waals surface area contributed by atoms with Crippen molar-refractivity contribution in [2.24, 2.45) is 0 Å². The summed E-state index contributed by atoms with van der Waals surface area (Å²) in [5, 5.41) is 0. The van der Waals surface area contributed by atoms with Gasteiger partial charge in [-0.25, -0.2) is 4.79 Å². The first kappa shape index (κ1) is 17.0. The molecule has 0 spiro atoms. The van der Waals surface area contributed by atoms with Crippen LogP contribution in [0.3, 0.4) is 0 Å². The second kappa shape index (κ2) is 9.59. The molecule has 0 saturated heterocycles. The van der Waals surface area contributed by atoms with Crippen LogP contribution in [0.1, 0.15) is 34.3 Å². The SMILES string of the molecule is COC(=O)c1ccc(/C=C\CCCOCc2ccccc2)cc1. The molecule has 0 radical (unpaired) electrons. The molecule has 0 aliphatic rings. The molecule has 0 saturated carbocycles. The maximum absolute atomic E-state index is 11.3. The third kappa shape index (κ3) is 6.09. The number of ether oxygens (including phenoxy) is 2. The molecular formula is C20H22O3. The molecule has 0 bridgehead atoms. The van der Waals surface area contributed by atoms with Crippen LogP contribution in [0.4, 0.5) is 0 Å². The van der Waals surface area contributed by atoms with Crippen LogP contribution in [0.25, 0.3) is 6.08 Å². The summed E-state index contributed by atoms with van der Waals surface area (Å²) >= 11 is 0. The molecule has 2 aromatic rings. The Morgan fingerprint density at radius 1 is 1.04 bits per heavy atom. The molecule has 0 atom stereocenters. The van der Waals surface area contributed by atoms with Crippen molar-refractivity contribution in [3.8, 4) is 0 Å². The van der Waals surface area contributed by atoms with Crippen molar-refractivity contribution in [3.63, 3.8) is 0 Å². The lowest BCUT2D eigenvalue weighted by Crippen LogP contribution is -2.00. The first-order valence-electron chi connectivity index (χ1n) is 7.76. The van der Waals surface area contributed by atoms with Gasteiger partial charge in [0.2, 0.25) is 0 Å². The van der Waals surface area contributed by atoms with Crippen molar-refractivity contribution >= 4 is 12.0 Å². The van der Waals surface area contributed by atoms with Gasteiger partial charge in [-0.3, -0.25) is 0 Å². The first-order valence-corrected chi connectivity index (χ1v) is 7.76. The normalized spacial score (nSPS) is 10.8. The molecule has 3 nitrogen and oxygen atoms in total. The Balaban J connectivity index is 1.64. The molecular weight excluding hydrogens is 288 g/mol. The zero-order chi connectivity index (χ0) is 16.3. The molecule has 2 rings (SSSR count). The smallest absolute Gasteiger partial charge is 0.337 e. The largest absolute Gasteiger partial charge is 0.465 e. The molecule has 3 heteroatoms. The van der Waals surface area contributed by atoms with Crippen LogP contribution < -0.4 is 0 Å². The number of unbranched alkanes of at least 4 members (excludes halogenated alkanes) is 1. The molecule has 0 fully saturated rings. The molecule has 0 amide bonds. The monoisotopic (exact) mass is 310 g/mol. The van der Waals surface area contributed by atoms with Gasteiger partial charge in [0.05, 0.1) is 19.3 Å². The summed E-state index contributed by atoms with van der Waals surface area (Å²) in [6.07, 6.45) is 6.13. The zero-order valence-corrected chi connectivity index (χ0v) is 13.4. The van der Waals surface area contributed by atoms with Crippen LogP contribution in [0.2, 0.25) is 0 Å². The molecule has 0 aliphatic heterocycles. The number of rotatable bonds is 8. The highest BCUT2D eigenvalue weighted by Gasteiger charge is 2.02. The molecule has 23 heavy (non-hydrogen) atoms. The van der Waals surface area contributed by atoms with E-state index in [1.807, 2.05) is 30.3 Å². The summed E-state index contributed by atoms with van der Waals surface area (Å²) < 4.78 is 10.3. The van der Waals surface area contributed by atoms with E-state index < -0.39 is 0 Å². The highest BCUT2D eigenvalue weighted by atomic mass is 16.5. The lowest BCUT2D eigenvalue weighted by Gasteiger charge is -2.03. The van der Waals surface area contributed by atoms with Crippen molar-refractivity contribution in [2.45, 2.75) is 19.4 Å². The average molecular weight is 310 g/mol. The lowest BCUT2D eigenvalue weighted by molar-refractivity contribution is 0.0600. The Hall–Kier alpha value is -2.39. The second-order valence-corrected chi connectivity index (χ2v) is 5.20. The third-order valence-electron chi connectivity index (χ3n) is 3.41.